The van der Waals surface area contributed by atoms with E-state index in [4.69, 9.17) is 0 Å². The Morgan fingerprint density at radius 2 is 1.78 bits per heavy atom. The third-order valence-electron chi connectivity index (χ3n) is 4.38. The molecule has 2 aliphatic heterocycles. The number of hydrogen-bond acceptors (Lipinski definition) is 2. The molecule has 106 valence electrons. The molecule has 2 saturated heterocycles. The van der Waals surface area contributed by atoms with E-state index in [1.54, 1.807) is 0 Å². The number of rotatable bonds is 1. The molecule has 4 heteroatoms. The Morgan fingerprint density at radius 3 is 2.17 bits per heavy atom. The molecule has 0 unspecified atom stereocenters. The Bertz CT molecular complexity index is 320. The van der Waals surface area contributed by atoms with Crippen LogP contribution >= 0.6 is 0 Å². The van der Waals surface area contributed by atoms with Gasteiger partial charge in [-0.05, 0) is 41.0 Å². The van der Waals surface area contributed by atoms with Gasteiger partial charge in [0.25, 0.3) is 5.92 Å². The fourth-order valence-corrected chi connectivity index (χ4v) is 3.71. The number of nitrogens with zero attached hydrogens (tertiary/aromatic N) is 2. The smallest absolute Gasteiger partial charge is 0.261 e. The molecule has 0 radical (unpaired) electrons. The molecule has 0 aromatic rings. The van der Waals surface area contributed by atoms with Crippen LogP contribution < -0.4 is 0 Å². The highest BCUT2D eigenvalue weighted by molar-refractivity contribution is 5.03. The van der Waals surface area contributed by atoms with Crippen LogP contribution in [0.25, 0.3) is 0 Å². The summed E-state index contributed by atoms with van der Waals surface area (Å²) < 4.78 is 26.6. The minimum absolute atomic E-state index is 0.0272. The fraction of sp³-hybridized carbons (Fsp3) is 1.00. The van der Waals surface area contributed by atoms with Crippen molar-refractivity contribution < 1.29 is 8.78 Å². The quantitative estimate of drug-likeness (QED) is 0.715. The van der Waals surface area contributed by atoms with E-state index in [1.807, 2.05) is 4.90 Å². The van der Waals surface area contributed by atoms with Crippen molar-refractivity contribution in [2.75, 3.05) is 19.6 Å². The van der Waals surface area contributed by atoms with Gasteiger partial charge in [0.2, 0.25) is 0 Å². The largest absolute Gasteiger partial charge is 0.293 e. The standard InChI is InChI=1S/C14H26F2N2/c1-12(2,3)18-9-11(8-13(18,4)5)17-7-6-14(15,16)10-17/h11H,6-10H2,1-5H3/t11-/m0/s1. The molecule has 0 aromatic heterocycles. The van der Waals surface area contributed by atoms with Gasteiger partial charge < -0.3 is 0 Å². The van der Waals surface area contributed by atoms with Crippen LogP contribution in [0, 0.1) is 0 Å². The van der Waals surface area contributed by atoms with Crippen molar-refractivity contribution in [2.45, 2.75) is 70.5 Å². The van der Waals surface area contributed by atoms with Crippen LogP contribution in [0.2, 0.25) is 0 Å². The van der Waals surface area contributed by atoms with Crippen LogP contribution in [-0.4, -0.2) is 52.5 Å². The summed E-state index contributed by atoms with van der Waals surface area (Å²) in [6.45, 7) is 12.5. The van der Waals surface area contributed by atoms with Crippen LogP contribution in [-0.2, 0) is 0 Å². The second kappa shape index (κ2) is 4.14. The lowest BCUT2D eigenvalue weighted by Gasteiger charge is -2.42. The van der Waals surface area contributed by atoms with Crippen molar-refractivity contribution in [2.24, 2.45) is 0 Å². The molecule has 0 amide bonds. The summed E-state index contributed by atoms with van der Waals surface area (Å²) in [6.07, 6.45) is 1.01. The third kappa shape index (κ3) is 2.69. The first kappa shape index (κ1) is 14.2. The number of alkyl halides is 2. The first-order valence-electron chi connectivity index (χ1n) is 6.91. The maximum Gasteiger partial charge on any atom is 0.261 e. The van der Waals surface area contributed by atoms with E-state index in [-0.39, 0.29) is 30.1 Å². The van der Waals surface area contributed by atoms with Crippen molar-refractivity contribution in [3.05, 3.63) is 0 Å². The summed E-state index contributed by atoms with van der Waals surface area (Å²) in [4.78, 5) is 4.45. The number of likely N-dealkylation sites (tertiary alicyclic amines) is 2. The topological polar surface area (TPSA) is 6.48 Å². The van der Waals surface area contributed by atoms with Crippen molar-refractivity contribution in [3.8, 4) is 0 Å². The lowest BCUT2D eigenvalue weighted by molar-refractivity contribution is 0.00753. The average molecular weight is 260 g/mol. The molecule has 2 aliphatic rings. The van der Waals surface area contributed by atoms with Gasteiger partial charge in [0.15, 0.2) is 0 Å². The molecule has 0 saturated carbocycles. The van der Waals surface area contributed by atoms with Crippen LogP contribution in [0.15, 0.2) is 0 Å². The lowest BCUT2D eigenvalue weighted by Crippen LogP contribution is -2.50. The van der Waals surface area contributed by atoms with Crippen molar-refractivity contribution in [3.63, 3.8) is 0 Å². The van der Waals surface area contributed by atoms with Gasteiger partial charge in [0.1, 0.15) is 0 Å². The first-order valence-corrected chi connectivity index (χ1v) is 6.91. The van der Waals surface area contributed by atoms with Gasteiger partial charge in [-0.15, -0.1) is 0 Å². The summed E-state index contributed by atoms with van der Waals surface area (Å²) in [5.41, 5.74) is 0.196. The van der Waals surface area contributed by atoms with Crippen LogP contribution in [0.4, 0.5) is 8.78 Å². The first-order chi connectivity index (χ1) is 8.01. The predicted octanol–water partition coefficient (Wildman–Crippen LogP) is 2.98. The minimum atomic E-state index is -2.47. The summed E-state index contributed by atoms with van der Waals surface area (Å²) in [5.74, 6) is -2.47. The van der Waals surface area contributed by atoms with Crippen LogP contribution in [0.3, 0.4) is 0 Å². The van der Waals surface area contributed by atoms with Gasteiger partial charge in [0.05, 0.1) is 6.54 Å². The summed E-state index contributed by atoms with van der Waals surface area (Å²) in [7, 11) is 0. The molecule has 2 nitrogen and oxygen atoms in total. The average Bonchev–Trinajstić information content (AvgIpc) is 2.64. The second-order valence-corrected chi connectivity index (χ2v) is 7.53. The van der Waals surface area contributed by atoms with Crippen molar-refractivity contribution in [1.29, 1.82) is 0 Å². The van der Waals surface area contributed by atoms with E-state index in [9.17, 15) is 8.78 Å². The minimum Gasteiger partial charge on any atom is -0.293 e. The molecule has 18 heavy (non-hydrogen) atoms. The highest BCUT2D eigenvalue weighted by Gasteiger charge is 2.49. The molecule has 0 aliphatic carbocycles. The highest BCUT2D eigenvalue weighted by Crippen LogP contribution is 2.39. The van der Waals surface area contributed by atoms with E-state index in [0.29, 0.717) is 6.54 Å². The molecule has 0 spiro atoms. The van der Waals surface area contributed by atoms with Crippen LogP contribution in [0.1, 0.15) is 47.5 Å². The van der Waals surface area contributed by atoms with E-state index >= 15 is 0 Å². The van der Waals surface area contributed by atoms with E-state index in [0.717, 1.165) is 13.0 Å². The second-order valence-electron chi connectivity index (χ2n) is 7.53. The molecular formula is C14H26F2N2. The van der Waals surface area contributed by atoms with Crippen molar-refractivity contribution >= 4 is 0 Å². The van der Waals surface area contributed by atoms with Gasteiger partial charge in [-0.1, -0.05) is 0 Å². The molecular weight excluding hydrogens is 234 g/mol. The van der Waals surface area contributed by atoms with Gasteiger partial charge in [-0.25, -0.2) is 8.78 Å². The zero-order valence-electron chi connectivity index (χ0n) is 12.3. The molecule has 0 aromatic carbocycles. The summed E-state index contributed by atoms with van der Waals surface area (Å²) in [5, 5.41) is 0. The van der Waals surface area contributed by atoms with Crippen LogP contribution in [0.5, 0.6) is 0 Å². The van der Waals surface area contributed by atoms with Crippen molar-refractivity contribution in [1.82, 2.24) is 9.80 Å². The Morgan fingerprint density at radius 1 is 1.17 bits per heavy atom. The normalized spacial score (nSPS) is 33.2. The molecule has 2 fully saturated rings. The summed E-state index contributed by atoms with van der Waals surface area (Å²) in [6, 6.07) is 0.285. The molecule has 0 bridgehead atoms. The zero-order valence-corrected chi connectivity index (χ0v) is 12.3. The lowest BCUT2D eigenvalue weighted by atomic mass is 9.95. The summed E-state index contributed by atoms with van der Waals surface area (Å²) >= 11 is 0. The molecule has 2 rings (SSSR count). The molecule has 1 atom stereocenters. The number of hydrogen-bond donors (Lipinski definition) is 0. The SMILES string of the molecule is CC(C)(C)N1C[C@@H](N2CCC(F)(F)C2)CC1(C)C. The Balaban J connectivity index is 2.07. The Hall–Kier alpha value is -0.220. The van der Waals surface area contributed by atoms with Gasteiger partial charge >= 0.3 is 0 Å². The number of halogens is 2. The van der Waals surface area contributed by atoms with Gasteiger partial charge in [-0.2, -0.15) is 0 Å². The van der Waals surface area contributed by atoms with Gasteiger partial charge in [-0.3, -0.25) is 9.80 Å². The monoisotopic (exact) mass is 260 g/mol. The maximum atomic E-state index is 13.3. The molecule has 0 N–H and O–H groups in total. The van der Waals surface area contributed by atoms with E-state index < -0.39 is 5.92 Å². The van der Waals surface area contributed by atoms with E-state index in [1.165, 1.54) is 0 Å². The third-order valence-corrected chi connectivity index (χ3v) is 4.38. The fourth-order valence-electron chi connectivity index (χ4n) is 3.71. The maximum absolute atomic E-state index is 13.3. The zero-order chi connectivity index (χ0) is 13.8. The highest BCUT2D eigenvalue weighted by atomic mass is 19.3. The Kier molecular flexibility index (Phi) is 3.26. The molecule has 2 heterocycles. The van der Waals surface area contributed by atoms with E-state index in [2.05, 4.69) is 39.5 Å². The van der Waals surface area contributed by atoms with Gasteiger partial charge in [0, 0.05) is 36.6 Å². The Labute approximate surface area is 109 Å². The predicted molar refractivity (Wildman–Crippen MR) is 70.1 cm³/mol.